The number of fused-ring (bicyclic) bond motifs is 1. The van der Waals surface area contributed by atoms with E-state index in [0.29, 0.717) is 16.9 Å². The molecular weight excluding hydrogens is 253 g/mol. The summed E-state index contributed by atoms with van der Waals surface area (Å²) in [5, 5.41) is -0.510. The van der Waals surface area contributed by atoms with E-state index in [-0.39, 0.29) is 0 Å². The van der Waals surface area contributed by atoms with Crippen molar-refractivity contribution in [2.45, 2.75) is 25.3 Å². The molecule has 92 valence electrons. The largest absolute Gasteiger partial charge is 0.321 e. The number of halogens is 4. The van der Waals surface area contributed by atoms with Crippen molar-refractivity contribution in [3.8, 4) is 0 Å². The minimum absolute atomic E-state index is 0.326. The Balaban J connectivity index is 2.64. The third-order valence-electron chi connectivity index (χ3n) is 2.42. The minimum atomic E-state index is -2.54. The Kier molecular flexibility index (Phi) is 3.28. The first-order chi connectivity index (χ1) is 7.99. The average molecular weight is 263 g/mol. The summed E-state index contributed by atoms with van der Waals surface area (Å²) in [6.45, 7) is 1.10. The maximum atomic E-state index is 13.1. The first-order valence-corrected chi connectivity index (χ1v) is 5.50. The van der Waals surface area contributed by atoms with Gasteiger partial charge in [-0.25, -0.2) is 18.2 Å². The van der Waals surface area contributed by atoms with Crippen LogP contribution in [-0.4, -0.2) is 16.0 Å². The molecule has 0 radical (unpaired) electrons. The number of imidazole rings is 1. The van der Waals surface area contributed by atoms with Gasteiger partial charge in [-0.3, -0.25) is 0 Å². The van der Waals surface area contributed by atoms with Crippen molar-refractivity contribution in [1.82, 2.24) is 9.55 Å². The van der Waals surface area contributed by atoms with Gasteiger partial charge in [0.25, 0.3) is 6.43 Å². The van der Waals surface area contributed by atoms with E-state index in [0.717, 1.165) is 0 Å². The second kappa shape index (κ2) is 4.56. The molecule has 0 N–H and O–H groups in total. The van der Waals surface area contributed by atoms with E-state index in [1.807, 2.05) is 0 Å². The van der Waals surface area contributed by atoms with Crippen LogP contribution >= 0.6 is 11.6 Å². The molecule has 0 saturated carbocycles. The Labute approximate surface area is 101 Å². The van der Waals surface area contributed by atoms with E-state index in [1.165, 1.54) is 22.8 Å². The van der Waals surface area contributed by atoms with Gasteiger partial charge in [-0.15, -0.1) is 11.6 Å². The predicted molar refractivity (Wildman–Crippen MR) is 60.0 cm³/mol. The molecule has 0 aliphatic rings. The lowest BCUT2D eigenvalue weighted by atomic mass is 10.3. The van der Waals surface area contributed by atoms with Crippen molar-refractivity contribution < 1.29 is 13.2 Å². The molecule has 1 unspecified atom stereocenters. The average Bonchev–Trinajstić information content (AvgIpc) is 2.56. The molecule has 1 heterocycles. The minimum Gasteiger partial charge on any atom is -0.321 e. The van der Waals surface area contributed by atoms with Crippen molar-refractivity contribution >= 4 is 22.6 Å². The number of hydrogen-bond acceptors (Lipinski definition) is 1. The number of nitrogens with zero attached hydrogens (tertiary/aromatic N) is 2. The molecule has 1 atom stereocenters. The van der Waals surface area contributed by atoms with Crippen molar-refractivity contribution in [1.29, 1.82) is 0 Å². The van der Waals surface area contributed by atoms with E-state index in [1.54, 1.807) is 6.92 Å². The molecule has 0 bridgehead atoms. The van der Waals surface area contributed by atoms with Crippen LogP contribution in [0.3, 0.4) is 0 Å². The molecule has 0 aliphatic heterocycles. The summed E-state index contributed by atoms with van der Waals surface area (Å²) < 4.78 is 39.3. The highest BCUT2D eigenvalue weighted by Gasteiger charge is 2.18. The molecule has 6 heteroatoms. The van der Waals surface area contributed by atoms with Gasteiger partial charge in [0.2, 0.25) is 0 Å². The quantitative estimate of drug-likeness (QED) is 0.771. The van der Waals surface area contributed by atoms with E-state index in [4.69, 9.17) is 11.6 Å². The molecule has 0 saturated heterocycles. The molecule has 1 aromatic heterocycles. The lowest BCUT2D eigenvalue weighted by Crippen LogP contribution is -2.10. The first-order valence-electron chi connectivity index (χ1n) is 5.07. The molecule has 2 aromatic rings. The summed E-state index contributed by atoms with van der Waals surface area (Å²) in [7, 11) is 0. The fourth-order valence-electron chi connectivity index (χ4n) is 1.75. The maximum Gasteiger partial charge on any atom is 0.256 e. The summed E-state index contributed by atoms with van der Waals surface area (Å²) in [6, 6.07) is 3.88. The van der Waals surface area contributed by atoms with Gasteiger partial charge < -0.3 is 4.57 Å². The lowest BCUT2D eigenvalue weighted by Gasteiger charge is -2.09. The van der Waals surface area contributed by atoms with Gasteiger partial charge in [-0.1, -0.05) is 0 Å². The third kappa shape index (κ3) is 2.39. The van der Waals surface area contributed by atoms with Crippen LogP contribution in [0.2, 0.25) is 0 Å². The van der Waals surface area contributed by atoms with Crippen LogP contribution in [0.25, 0.3) is 11.0 Å². The Hall–Kier alpha value is -1.23. The first kappa shape index (κ1) is 12.2. The van der Waals surface area contributed by atoms with Crippen molar-refractivity contribution in [3.63, 3.8) is 0 Å². The topological polar surface area (TPSA) is 17.8 Å². The number of benzene rings is 1. The molecule has 2 rings (SSSR count). The smallest absolute Gasteiger partial charge is 0.256 e. The Morgan fingerprint density at radius 3 is 2.71 bits per heavy atom. The fraction of sp³-hybridized carbons (Fsp3) is 0.364. The van der Waals surface area contributed by atoms with Crippen LogP contribution in [0.15, 0.2) is 18.2 Å². The molecule has 2 nitrogen and oxygen atoms in total. The van der Waals surface area contributed by atoms with Crippen molar-refractivity contribution in [2.24, 2.45) is 0 Å². The van der Waals surface area contributed by atoms with Crippen LogP contribution in [0, 0.1) is 5.82 Å². The van der Waals surface area contributed by atoms with Crippen LogP contribution in [0.1, 0.15) is 18.1 Å². The van der Waals surface area contributed by atoms with E-state index in [2.05, 4.69) is 4.98 Å². The van der Waals surface area contributed by atoms with Gasteiger partial charge >= 0.3 is 0 Å². The van der Waals surface area contributed by atoms with Gasteiger partial charge in [0.1, 0.15) is 11.6 Å². The molecule has 0 aliphatic carbocycles. The van der Waals surface area contributed by atoms with Gasteiger partial charge in [0.05, 0.1) is 23.0 Å². The van der Waals surface area contributed by atoms with Crippen LogP contribution in [-0.2, 0) is 6.54 Å². The van der Waals surface area contributed by atoms with Gasteiger partial charge in [0, 0.05) is 0 Å². The Bertz CT molecular complexity index is 537. The molecular formula is C11H10ClF3N2. The lowest BCUT2D eigenvalue weighted by molar-refractivity contribution is 0.127. The molecule has 0 amide bonds. The predicted octanol–water partition coefficient (Wildman–Crippen LogP) is 3.74. The number of aromatic nitrogens is 2. The van der Waals surface area contributed by atoms with Gasteiger partial charge in [-0.2, -0.15) is 0 Å². The molecule has 0 fully saturated rings. The zero-order valence-electron chi connectivity index (χ0n) is 9.00. The highest BCUT2D eigenvalue weighted by molar-refractivity contribution is 6.20. The fourth-order valence-corrected chi connectivity index (χ4v) is 1.91. The van der Waals surface area contributed by atoms with Gasteiger partial charge in [0.15, 0.2) is 0 Å². The highest BCUT2D eigenvalue weighted by atomic mass is 35.5. The molecule has 1 aromatic carbocycles. The van der Waals surface area contributed by atoms with Crippen molar-refractivity contribution in [2.75, 3.05) is 0 Å². The van der Waals surface area contributed by atoms with E-state index >= 15 is 0 Å². The SMILES string of the molecule is CC(Cl)c1nc2ccc(F)cc2n1CC(F)F. The summed E-state index contributed by atoms with van der Waals surface area (Å²) in [6.07, 6.45) is -2.54. The van der Waals surface area contributed by atoms with Gasteiger partial charge in [-0.05, 0) is 25.1 Å². The standard InChI is InChI=1S/C11H10ClF3N2/c1-6(12)11-16-8-3-2-7(13)4-9(8)17(11)5-10(14)15/h2-4,6,10H,5H2,1H3. The highest BCUT2D eigenvalue weighted by Crippen LogP contribution is 2.25. The van der Waals surface area contributed by atoms with Crippen LogP contribution < -0.4 is 0 Å². The zero-order valence-corrected chi connectivity index (χ0v) is 9.76. The van der Waals surface area contributed by atoms with E-state index < -0.39 is 24.2 Å². The molecule has 0 spiro atoms. The zero-order chi connectivity index (χ0) is 12.6. The summed E-state index contributed by atoms with van der Waals surface area (Å²) in [4.78, 5) is 4.14. The van der Waals surface area contributed by atoms with Crippen LogP contribution in [0.4, 0.5) is 13.2 Å². The Morgan fingerprint density at radius 2 is 2.12 bits per heavy atom. The van der Waals surface area contributed by atoms with Crippen LogP contribution in [0.5, 0.6) is 0 Å². The maximum absolute atomic E-state index is 13.1. The van der Waals surface area contributed by atoms with Crippen molar-refractivity contribution in [3.05, 3.63) is 29.8 Å². The number of rotatable bonds is 3. The Morgan fingerprint density at radius 1 is 1.41 bits per heavy atom. The third-order valence-corrected chi connectivity index (χ3v) is 2.61. The monoisotopic (exact) mass is 262 g/mol. The summed E-state index contributed by atoms with van der Waals surface area (Å²) in [5.74, 6) is -0.158. The number of hydrogen-bond donors (Lipinski definition) is 0. The second-order valence-electron chi connectivity index (χ2n) is 3.72. The molecule has 17 heavy (non-hydrogen) atoms. The number of alkyl halides is 3. The second-order valence-corrected chi connectivity index (χ2v) is 4.38. The summed E-state index contributed by atoms with van der Waals surface area (Å²) >= 11 is 5.88. The summed E-state index contributed by atoms with van der Waals surface area (Å²) in [5.41, 5.74) is 0.808. The normalized spacial score (nSPS) is 13.5. The van der Waals surface area contributed by atoms with E-state index in [9.17, 15) is 13.2 Å².